The molecule has 150 valence electrons. The predicted octanol–water partition coefficient (Wildman–Crippen LogP) is 0.0395. The Morgan fingerprint density at radius 2 is 1.86 bits per heavy atom. The molecule has 1 amide bonds. The zero-order valence-corrected chi connectivity index (χ0v) is 16.4. The highest BCUT2D eigenvalue weighted by Crippen LogP contribution is 2.10. The zero-order chi connectivity index (χ0) is 21.3. The summed E-state index contributed by atoms with van der Waals surface area (Å²) in [7, 11) is 1.23. The summed E-state index contributed by atoms with van der Waals surface area (Å²) in [6.07, 6.45) is -0.945. The van der Waals surface area contributed by atoms with Crippen molar-refractivity contribution in [3.8, 4) is 23.7 Å². The number of amides is 1. The van der Waals surface area contributed by atoms with Crippen molar-refractivity contribution >= 4 is 11.9 Å². The minimum atomic E-state index is -0.995. The van der Waals surface area contributed by atoms with Crippen LogP contribution >= 0.6 is 0 Å². The van der Waals surface area contributed by atoms with E-state index in [2.05, 4.69) is 29.0 Å². The molecule has 7 heteroatoms. The molecular weight excluding hydrogens is 360 g/mol. The number of hydrogen-bond acceptors (Lipinski definition) is 6. The van der Waals surface area contributed by atoms with E-state index in [-0.39, 0.29) is 12.5 Å². The molecule has 0 aromatic heterocycles. The first-order valence-corrected chi connectivity index (χ1v) is 8.68. The van der Waals surface area contributed by atoms with Gasteiger partial charge in [-0.25, -0.2) is 4.79 Å². The third kappa shape index (κ3) is 7.05. The van der Waals surface area contributed by atoms with Crippen molar-refractivity contribution in [1.82, 2.24) is 5.32 Å². The van der Waals surface area contributed by atoms with Crippen LogP contribution in [0.2, 0.25) is 0 Å². The van der Waals surface area contributed by atoms with Gasteiger partial charge in [-0.1, -0.05) is 18.8 Å². The third-order valence-corrected chi connectivity index (χ3v) is 3.92. The quantitative estimate of drug-likeness (QED) is 0.405. The number of methoxy groups -OCH3 is 1. The van der Waals surface area contributed by atoms with Gasteiger partial charge in [-0.15, -0.1) is 0 Å². The fourth-order valence-corrected chi connectivity index (χ4v) is 2.04. The summed E-state index contributed by atoms with van der Waals surface area (Å²) < 4.78 is 4.69. The summed E-state index contributed by atoms with van der Waals surface area (Å²) >= 11 is 0. The third-order valence-electron chi connectivity index (χ3n) is 3.92. The lowest BCUT2D eigenvalue weighted by Gasteiger charge is -2.28. The minimum Gasteiger partial charge on any atom is -0.467 e. The number of rotatable bonds is 6. The Hall–Kier alpha value is -2.84. The summed E-state index contributed by atoms with van der Waals surface area (Å²) in [5, 5.41) is 21.1. The molecule has 0 heterocycles. The van der Waals surface area contributed by atoms with E-state index in [0.717, 1.165) is 0 Å². The summed E-state index contributed by atoms with van der Waals surface area (Å²) in [5.74, 6) is 9.03. The second-order valence-corrected chi connectivity index (χ2v) is 6.95. The lowest BCUT2D eigenvalue weighted by atomic mass is 9.95. The highest BCUT2D eigenvalue weighted by atomic mass is 16.5. The van der Waals surface area contributed by atoms with Gasteiger partial charge < -0.3 is 26.0 Å². The second-order valence-electron chi connectivity index (χ2n) is 6.95. The second kappa shape index (κ2) is 10.5. The molecule has 1 aromatic carbocycles. The summed E-state index contributed by atoms with van der Waals surface area (Å²) in [5.41, 5.74) is 5.91. The van der Waals surface area contributed by atoms with E-state index in [9.17, 15) is 14.7 Å². The van der Waals surface area contributed by atoms with Gasteiger partial charge in [0.05, 0.1) is 7.11 Å². The number of aliphatic hydroxyl groups excluding tert-OH is 2. The first kappa shape index (κ1) is 23.2. The molecule has 0 spiro atoms. The number of nitrogens with one attached hydrogen (secondary N) is 1. The number of aliphatic hydroxyl groups is 2. The van der Waals surface area contributed by atoms with Crippen molar-refractivity contribution in [3.63, 3.8) is 0 Å². The molecule has 0 aliphatic heterocycles. The highest BCUT2D eigenvalue weighted by Gasteiger charge is 2.34. The van der Waals surface area contributed by atoms with Crippen LogP contribution < -0.4 is 11.1 Å². The lowest BCUT2D eigenvalue weighted by Crippen LogP contribution is -2.59. The van der Waals surface area contributed by atoms with Crippen molar-refractivity contribution in [3.05, 3.63) is 35.4 Å². The predicted molar refractivity (Wildman–Crippen MR) is 105 cm³/mol. The van der Waals surface area contributed by atoms with Gasteiger partial charge in [-0.05, 0) is 50.0 Å². The molecule has 1 rings (SSSR count). The molecule has 7 nitrogen and oxygen atoms in total. The number of carbonyl (C=O) groups excluding carboxylic acids is 2. The Bertz CT molecular complexity index is 804. The molecule has 0 saturated carbocycles. The number of hydrogen-bond donors (Lipinski definition) is 4. The van der Waals surface area contributed by atoms with E-state index in [4.69, 9.17) is 15.6 Å². The van der Waals surface area contributed by atoms with Crippen molar-refractivity contribution in [2.24, 2.45) is 11.7 Å². The normalized spacial score (nSPS) is 13.7. The monoisotopic (exact) mass is 386 g/mol. The molecule has 0 unspecified atom stereocenters. The SMILES string of the molecule is COC(=O)[C@@H](NC(=O)c1ccc(C#CC#C[C@@H](O)[C@@H](C)CO)cc1)C(C)(C)N. The molecule has 5 N–H and O–H groups in total. The van der Waals surface area contributed by atoms with E-state index >= 15 is 0 Å². The molecular formula is C21H26N2O5. The number of benzene rings is 1. The van der Waals surface area contributed by atoms with Crippen molar-refractivity contribution < 1.29 is 24.5 Å². The van der Waals surface area contributed by atoms with Crippen LogP contribution in [0.1, 0.15) is 36.7 Å². The molecule has 0 aliphatic rings. The standard InChI is InChI=1S/C21H26N2O5/c1-14(13-24)17(25)8-6-5-7-15-9-11-16(12-10-15)19(26)23-18(20(27)28-4)21(2,3)22/h9-12,14,17-18,24-25H,13,22H2,1-4H3,(H,23,26)/t14-,17+,18+/m0/s1. The zero-order valence-electron chi connectivity index (χ0n) is 16.4. The highest BCUT2D eigenvalue weighted by molar-refractivity contribution is 5.97. The van der Waals surface area contributed by atoms with Gasteiger partial charge in [-0.2, -0.15) is 0 Å². The van der Waals surface area contributed by atoms with Crippen LogP contribution in [-0.2, 0) is 9.53 Å². The Morgan fingerprint density at radius 1 is 1.25 bits per heavy atom. The maximum atomic E-state index is 12.4. The van der Waals surface area contributed by atoms with Gasteiger partial charge in [0.1, 0.15) is 12.1 Å². The Morgan fingerprint density at radius 3 is 2.36 bits per heavy atom. The average molecular weight is 386 g/mol. The molecule has 0 fully saturated rings. The first-order valence-electron chi connectivity index (χ1n) is 8.68. The fourth-order valence-electron chi connectivity index (χ4n) is 2.04. The van der Waals surface area contributed by atoms with Crippen LogP contribution in [0.15, 0.2) is 24.3 Å². The summed E-state index contributed by atoms with van der Waals surface area (Å²) in [4.78, 5) is 24.2. The Labute approximate surface area is 165 Å². The van der Waals surface area contributed by atoms with Crippen LogP contribution in [0, 0.1) is 29.6 Å². The van der Waals surface area contributed by atoms with Gasteiger partial charge in [0, 0.05) is 29.2 Å². The largest absolute Gasteiger partial charge is 0.467 e. The number of nitrogens with two attached hydrogens (primary N) is 1. The van der Waals surface area contributed by atoms with E-state index < -0.39 is 29.6 Å². The number of esters is 1. The van der Waals surface area contributed by atoms with Crippen LogP contribution in [0.3, 0.4) is 0 Å². The maximum absolute atomic E-state index is 12.4. The molecule has 0 saturated heterocycles. The molecule has 0 aliphatic carbocycles. The van der Waals surface area contributed by atoms with Crippen molar-refractivity contribution in [2.75, 3.05) is 13.7 Å². The van der Waals surface area contributed by atoms with E-state index in [1.807, 2.05) is 0 Å². The number of ether oxygens (including phenoxy) is 1. The molecule has 3 atom stereocenters. The topological polar surface area (TPSA) is 122 Å². The number of carbonyl (C=O) groups is 2. The average Bonchev–Trinajstić information content (AvgIpc) is 2.67. The molecule has 0 radical (unpaired) electrons. The van der Waals surface area contributed by atoms with Gasteiger partial charge >= 0.3 is 5.97 Å². The van der Waals surface area contributed by atoms with E-state index in [1.54, 1.807) is 45.0 Å². The molecule has 1 aromatic rings. The Kier molecular flexibility index (Phi) is 8.69. The maximum Gasteiger partial charge on any atom is 0.330 e. The lowest BCUT2D eigenvalue weighted by molar-refractivity contribution is -0.144. The van der Waals surface area contributed by atoms with Gasteiger partial charge in [0.25, 0.3) is 5.91 Å². The van der Waals surface area contributed by atoms with Crippen molar-refractivity contribution in [2.45, 2.75) is 38.5 Å². The van der Waals surface area contributed by atoms with Crippen molar-refractivity contribution in [1.29, 1.82) is 0 Å². The van der Waals surface area contributed by atoms with Gasteiger partial charge in [0.2, 0.25) is 0 Å². The van der Waals surface area contributed by atoms with Gasteiger partial charge in [0.15, 0.2) is 0 Å². The summed E-state index contributed by atoms with van der Waals surface area (Å²) in [6, 6.07) is 5.40. The minimum absolute atomic E-state index is 0.162. The summed E-state index contributed by atoms with van der Waals surface area (Å²) in [6.45, 7) is 4.75. The van der Waals surface area contributed by atoms with E-state index in [0.29, 0.717) is 11.1 Å². The first-order chi connectivity index (χ1) is 13.1. The van der Waals surface area contributed by atoms with Crippen LogP contribution in [0.25, 0.3) is 0 Å². The van der Waals surface area contributed by atoms with Crippen LogP contribution in [0.5, 0.6) is 0 Å². The van der Waals surface area contributed by atoms with Gasteiger partial charge in [-0.3, -0.25) is 4.79 Å². The molecule has 0 bridgehead atoms. The molecule has 28 heavy (non-hydrogen) atoms. The van der Waals surface area contributed by atoms with Crippen LogP contribution in [-0.4, -0.2) is 53.5 Å². The smallest absolute Gasteiger partial charge is 0.330 e. The Balaban J connectivity index is 2.83. The van der Waals surface area contributed by atoms with E-state index in [1.165, 1.54) is 7.11 Å². The van der Waals surface area contributed by atoms with Crippen LogP contribution in [0.4, 0.5) is 0 Å². The fraction of sp³-hybridized carbons (Fsp3) is 0.429.